The largest absolute Gasteiger partial charge is 0.481 e. The van der Waals surface area contributed by atoms with E-state index in [1.165, 1.54) is 25.7 Å². The van der Waals surface area contributed by atoms with Crippen LogP contribution in [0.2, 0.25) is 0 Å². The van der Waals surface area contributed by atoms with Crippen LogP contribution in [-0.4, -0.2) is 11.1 Å². The number of carboxylic acids is 1. The molecular formula is C11H16O2. The minimum atomic E-state index is -0.484. The fraction of sp³-hybridized carbons (Fsp3) is 0.909. The second-order valence-electron chi connectivity index (χ2n) is 5.11. The van der Waals surface area contributed by atoms with Crippen LogP contribution in [-0.2, 0) is 4.79 Å². The Morgan fingerprint density at radius 2 is 2.15 bits per heavy atom. The molecule has 3 aliphatic rings. The van der Waals surface area contributed by atoms with Gasteiger partial charge in [0.2, 0.25) is 0 Å². The summed E-state index contributed by atoms with van der Waals surface area (Å²) in [6.45, 7) is 0. The monoisotopic (exact) mass is 180 g/mol. The summed E-state index contributed by atoms with van der Waals surface area (Å²) in [5.74, 6) is 1.36. The van der Waals surface area contributed by atoms with Gasteiger partial charge in [-0.25, -0.2) is 0 Å². The SMILES string of the molecule is O=C(O)[C@]12CCC[C@H]1[C@H]1CC[C@@H]2C1. The third-order valence-corrected chi connectivity index (χ3v) is 4.94. The zero-order chi connectivity index (χ0) is 9.05. The lowest BCUT2D eigenvalue weighted by atomic mass is 9.68. The summed E-state index contributed by atoms with van der Waals surface area (Å²) in [5.41, 5.74) is -0.261. The van der Waals surface area contributed by atoms with Crippen LogP contribution in [0.4, 0.5) is 0 Å². The lowest BCUT2D eigenvalue weighted by molar-refractivity contribution is -0.154. The van der Waals surface area contributed by atoms with E-state index in [-0.39, 0.29) is 5.41 Å². The Morgan fingerprint density at radius 1 is 1.31 bits per heavy atom. The second-order valence-corrected chi connectivity index (χ2v) is 5.11. The van der Waals surface area contributed by atoms with E-state index in [1.54, 1.807) is 0 Å². The maximum absolute atomic E-state index is 11.4. The first kappa shape index (κ1) is 7.84. The molecule has 3 aliphatic carbocycles. The molecule has 3 fully saturated rings. The first-order chi connectivity index (χ1) is 6.25. The molecule has 4 atom stereocenters. The zero-order valence-electron chi connectivity index (χ0n) is 7.83. The highest BCUT2D eigenvalue weighted by Gasteiger charge is 2.63. The molecule has 2 bridgehead atoms. The topological polar surface area (TPSA) is 37.3 Å². The molecule has 0 aromatic carbocycles. The third kappa shape index (κ3) is 0.733. The van der Waals surface area contributed by atoms with Gasteiger partial charge >= 0.3 is 5.97 Å². The molecule has 0 saturated heterocycles. The maximum Gasteiger partial charge on any atom is 0.310 e. The number of rotatable bonds is 1. The highest BCUT2D eigenvalue weighted by atomic mass is 16.4. The predicted molar refractivity (Wildman–Crippen MR) is 48.2 cm³/mol. The van der Waals surface area contributed by atoms with Crippen LogP contribution in [0.25, 0.3) is 0 Å². The molecule has 0 aromatic heterocycles. The van der Waals surface area contributed by atoms with Crippen LogP contribution in [0.15, 0.2) is 0 Å². The Morgan fingerprint density at radius 3 is 2.85 bits per heavy atom. The molecule has 72 valence electrons. The van der Waals surface area contributed by atoms with Crippen molar-refractivity contribution in [2.45, 2.75) is 38.5 Å². The first-order valence-corrected chi connectivity index (χ1v) is 5.48. The molecule has 0 unspecified atom stereocenters. The van der Waals surface area contributed by atoms with Gasteiger partial charge in [0, 0.05) is 0 Å². The number of carboxylic acid groups (broad SMARTS) is 1. The lowest BCUT2D eigenvalue weighted by Gasteiger charge is -2.35. The van der Waals surface area contributed by atoms with Crippen molar-refractivity contribution in [1.82, 2.24) is 0 Å². The fourth-order valence-electron chi connectivity index (χ4n) is 4.51. The molecule has 2 nitrogen and oxygen atoms in total. The van der Waals surface area contributed by atoms with Gasteiger partial charge in [-0.05, 0) is 49.9 Å². The van der Waals surface area contributed by atoms with Gasteiger partial charge in [0.1, 0.15) is 0 Å². The standard InChI is InChI=1S/C11H16O2/c12-10(13)11-5-1-2-9(11)7-3-4-8(11)6-7/h7-9H,1-6H2,(H,12,13)/t7-,8+,9-,11-/m0/s1. The van der Waals surface area contributed by atoms with Crippen molar-refractivity contribution >= 4 is 5.97 Å². The smallest absolute Gasteiger partial charge is 0.310 e. The second kappa shape index (κ2) is 2.28. The van der Waals surface area contributed by atoms with Crippen molar-refractivity contribution in [1.29, 1.82) is 0 Å². The van der Waals surface area contributed by atoms with E-state index < -0.39 is 5.97 Å². The van der Waals surface area contributed by atoms with E-state index in [2.05, 4.69) is 0 Å². The molecule has 1 N–H and O–H groups in total. The summed E-state index contributed by atoms with van der Waals surface area (Å²) in [6, 6.07) is 0. The number of aliphatic carboxylic acids is 1. The van der Waals surface area contributed by atoms with Crippen molar-refractivity contribution in [3.05, 3.63) is 0 Å². The molecule has 0 aliphatic heterocycles. The summed E-state index contributed by atoms with van der Waals surface area (Å²) >= 11 is 0. The van der Waals surface area contributed by atoms with Gasteiger partial charge in [-0.1, -0.05) is 6.42 Å². The van der Waals surface area contributed by atoms with Crippen LogP contribution in [0.3, 0.4) is 0 Å². The molecule has 3 rings (SSSR count). The Labute approximate surface area is 78.3 Å². The van der Waals surface area contributed by atoms with Gasteiger partial charge in [-0.2, -0.15) is 0 Å². The lowest BCUT2D eigenvalue weighted by Crippen LogP contribution is -2.39. The Bertz CT molecular complexity index is 261. The molecule has 13 heavy (non-hydrogen) atoms. The van der Waals surface area contributed by atoms with Crippen molar-refractivity contribution in [2.24, 2.45) is 23.2 Å². The molecule has 0 amide bonds. The normalized spacial score (nSPS) is 52.5. The van der Waals surface area contributed by atoms with E-state index in [1.807, 2.05) is 0 Å². The summed E-state index contributed by atoms with van der Waals surface area (Å²) in [7, 11) is 0. The summed E-state index contributed by atoms with van der Waals surface area (Å²) in [6.07, 6.45) is 7.03. The van der Waals surface area contributed by atoms with Crippen LogP contribution in [0.1, 0.15) is 38.5 Å². The van der Waals surface area contributed by atoms with Gasteiger partial charge < -0.3 is 5.11 Å². The number of hydrogen-bond donors (Lipinski definition) is 1. The molecular weight excluding hydrogens is 164 g/mol. The number of fused-ring (bicyclic) bond motifs is 5. The summed E-state index contributed by atoms with van der Waals surface area (Å²) < 4.78 is 0. The third-order valence-electron chi connectivity index (χ3n) is 4.94. The van der Waals surface area contributed by atoms with Crippen molar-refractivity contribution in [3.63, 3.8) is 0 Å². The van der Waals surface area contributed by atoms with Crippen molar-refractivity contribution in [3.8, 4) is 0 Å². The molecule has 3 saturated carbocycles. The molecule has 0 spiro atoms. The van der Waals surface area contributed by atoms with E-state index >= 15 is 0 Å². The van der Waals surface area contributed by atoms with Gasteiger partial charge in [-0.3, -0.25) is 4.79 Å². The van der Waals surface area contributed by atoms with E-state index in [0.717, 1.165) is 18.8 Å². The Hall–Kier alpha value is -0.530. The molecule has 0 heterocycles. The summed E-state index contributed by atoms with van der Waals surface area (Å²) in [4.78, 5) is 11.4. The van der Waals surface area contributed by atoms with Crippen LogP contribution >= 0.6 is 0 Å². The first-order valence-electron chi connectivity index (χ1n) is 5.48. The van der Waals surface area contributed by atoms with Crippen LogP contribution < -0.4 is 0 Å². The minimum absolute atomic E-state index is 0.261. The van der Waals surface area contributed by atoms with Crippen LogP contribution in [0.5, 0.6) is 0 Å². The molecule has 0 aromatic rings. The Kier molecular flexibility index (Phi) is 1.38. The molecule has 2 heteroatoms. The quantitative estimate of drug-likeness (QED) is 0.672. The average Bonchev–Trinajstić information content (AvgIpc) is 2.76. The van der Waals surface area contributed by atoms with E-state index in [4.69, 9.17) is 0 Å². The maximum atomic E-state index is 11.4. The van der Waals surface area contributed by atoms with Gasteiger partial charge in [0.15, 0.2) is 0 Å². The zero-order valence-corrected chi connectivity index (χ0v) is 7.83. The van der Waals surface area contributed by atoms with Crippen LogP contribution in [0, 0.1) is 23.2 Å². The van der Waals surface area contributed by atoms with Gasteiger partial charge in [-0.15, -0.1) is 0 Å². The predicted octanol–water partition coefficient (Wildman–Crippen LogP) is 2.29. The highest BCUT2D eigenvalue weighted by molar-refractivity contribution is 5.77. The highest BCUT2D eigenvalue weighted by Crippen LogP contribution is 2.66. The van der Waals surface area contributed by atoms with E-state index in [0.29, 0.717) is 11.8 Å². The van der Waals surface area contributed by atoms with Crippen molar-refractivity contribution in [2.75, 3.05) is 0 Å². The molecule has 0 radical (unpaired) electrons. The fourth-order valence-corrected chi connectivity index (χ4v) is 4.51. The number of carbonyl (C=O) groups is 1. The van der Waals surface area contributed by atoms with Gasteiger partial charge in [0.05, 0.1) is 5.41 Å². The van der Waals surface area contributed by atoms with E-state index in [9.17, 15) is 9.90 Å². The minimum Gasteiger partial charge on any atom is -0.481 e. The van der Waals surface area contributed by atoms with Gasteiger partial charge in [0.25, 0.3) is 0 Å². The average molecular weight is 180 g/mol. The number of hydrogen-bond acceptors (Lipinski definition) is 1. The van der Waals surface area contributed by atoms with Crippen molar-refractivity contribution < 1.29 is 9.90 Å². The Balaban J connectivity index is 2.04. The summed E-state index contributed by atoms with van der Waals surface area (Å²) in [5, 5.41) is 9.40.